The number of benzene rings is 1. The zero-order valence-corrected chi connectivity index (χ0v) is 10.1. The smallest absolute Gasteiger partial charge is 0.221 e. The summed E-state index contributed by atoms with van der Waals surface area (Å²) < 4.78 is 5.08. The molecule has 1 unspecified atom stereocenters. The van der Waals surface area contributed by atoms with Gasteiger partial charge in [-0.05, 0) is 24.1 Å². The van der Waals surface area contributed by atoms with Crippen molar-refractivity contribution in [2.24, 2.45) is 0 Å². The third-order valence-corrected chi connectivity index (χ3v) is 2.34. The van der Waals surface area contributed by atoms with E-state index in [-0.39, 0.29) is 5.91 Å². The van der Waals surface area contributed by atoms with E-state index in [9.17, 15) is 4.79 Å². The molecule has 0 spiro atoms. The third-order valence-electron chi connectivity index (χ3n) is 2.34. The molecule has 1 rings (SSSR count). The molecule has 0 aromatic heterocycles. The Hall–Kier alpha value is -2.02. The summed E-state index contributed by atoms with van der Waals surface area (Å²) in [4.78, 5) is 11.4. The lowest BCUT2D eigenvalue weighted by Crippen LogP contribution is -2.27. The molecule has 1 aromatic rings. The second-order valence-corrected chi connectivity index (χ2v) is 3.66. The molecule has 0 aliphatic rings. The number of ether oxygens (including phenoxy) is 1. The van der Waals surface area contributed by atoms with E-state index in [1.807, 2.05) is 6.92 Å². The van der Waals surface area contributed by atoms with E-state index in [1.54, 1.807) is 31.4 Å². The average molecular weight is 232 g/mol. The summed E-state index contributed by atoms with van der Waals surface area (Å²) in [5, 5.41) is 11.7. The number of methoxy groups -OCH3 is 1. The predicted octanol–water partition coefficient (Wildman–Crippen LogP) is 2.18. The molecule has 4 nitrogen and oxygen atoms in total. The number of carbonyl (C=O) groups excluding carboxylic acids is 1. The van der Waals surface area contributed by atoms with Gasteiger partial charge in [-0.25, -0.2) is 0 Å². The van der Waals surface area contributed by atoms with E-state index in [4.69, 9.17) is 10.00 Å². The van der Waals surface area contributed by atoms with Crippen LogP contribution in [0.2, 0.25) is 0 Å². The highest BCUT2D eigenvalue weighted by molar-refractivity contribution is 5.76. The second-order valence-electron chi connectivity index (χ2n) is 3.66. The summed E-state index contributed by atoms with van der Waals surface area (Å²) in [6, 6.07) is 8.59. The lowest BCUT2D eigenvalue weighted by molar-refractivity contribution is -0.121. The van der Waals surface area contributed by atoms with E-state index in [2.05, 4.69) is 11.4 Å². The maximum Gasteiger partial charge on any atom is 0.221 e. The number of nitrogens with zero attached hydrogens (tertiary/aromatic N) is 1. The molecule has 1 amide bonds. The lowest BCUT2D eigenvalue weighted by atomic mass is 10.1. The lowest BCUT2D eigenvalue weighted by Gasteiger charge is -2.12. The molecule has 0 bridgehead atoms. The summed E-state index contributed by atoms with van der Waals surface area (Å²) in [7, 11) is 1.57. The van der Waals surface area contributed by atoms with Crippen LogP contribution < -0.4 is 10.1 Å². The summed E-state index contributed by atoms with van der Waals surface area (Å²) in [5.41, 5.74) is 0.733. The van der Waals surface area contributed by atoms with E-state index in [0.29, 0.717) is 12.2 Å². The Morgan fingerprint density at radius 1 is 1.59 bits per heavy atom. The second kappa shape index (κ2) is 6.54. The fourth-order valence-electron chi connectivity index (χ4n) is 1.47. The largest absolute Gasteiger partial charge is 0.497 e. The summed E-state index contributed by atoms with van der Waals surface area (Å²) in [6.07, 6.45) is 1.20. The number of hydrogen-bond donors (Lipinski definition) is 1. The van der Waals surface area contributed by atoms with Crippen molar-refractivity contribution in [3.8, 4) is 11.8 Å². The molecule has 0 saturated heterocycles. The Labute approximate surface area is 101 Å². The Kier molecular flexibility index (Phi) is 5.02. The highest BCUT2D eigenvalue weighted by Crippen LogP contribution is 2.18. The van der Waals surface area contributed by atoms with Crippen molar-refractivity contribution in [3.63, 3.8) is 0 Å². The summed E-state index contributed by atoms with van der Waals surface area (Å²) >= 11 is 0. The monoisotopic (exact) mass is 232 g/mol. The predicted molar refractivity (Wildman–Crippen MR) is 64.4 cm³/mol. The molecule has 0 aliphatic heterocycles. The normalized spacial score (nSPS) is 11.4. The Balaban J connectivity index is 2.79. The minimum Gasteiger partial charge on any atom is -0.497 e. The first-order valence-corrected chi connectivity index (χ1v) is 5.54. The summed E-state index contributed by atoms with van der Waals surface area (Å²) in [6.45, 7) is 1.92. The number of nitriles is 1. The van der Waals surface area contributed by atoms with Crippen molar-refractivity contribution in [1.29, 1.82) is 5.26 Å². The van der Waals surface area contributed by atoms with E-state index < -0.39 is 6.04 Å². The molecule has 0 saturated carbocycles. The van der Waals surface area contributed by atoms with Gasteiger partial charge >= 0.3 is 0 Å². The summed E-state index contributed by atoms with van der Waals surface area (Å²) in [5.74, 6) is 0.564. The van der Waals surface area contributed by atoms with Crippen molar-refractivity contribution in [3.05, 3.63) is 29.8 Å². The fourth-order valence-corrected chi connectivity index (χ4v) is 1.47. The molecule has 1 aromatic carbocycles. The van der Waals surface area contributed by atoms with Crippen LogP contribution in [-0.2, 0) is 4.79 Å². The van der Waals surface area contributed by atoms with Gasteiger partial charge in [-0.1, -0.05) is 19.1 Å². The highest BCUT2D eigenvalue weighted by Gasteiger charge is 2.13. The van der Waals surface area contributed by atoms with E-state index in [1.165, 1.54) is 0 Å². The van der Waals surface area contributed by atoms with Crippen molar-refractivity contribution < 1.29 is 9.53 Å². The molecule has 4 heteroatoms. The van der Waals surface area contributed by atoms with Gasteiger partial charge in [0.2, 0.25) is 5.91 Å². The quantitative estimate of drug-likeness (QED) is 0.846. The van der Waals surface area contributed by atoms with Gasteiger partial charge < -0.3 is 10.1 Å². The zero-order valence-electron chi connectivity index (χ0n) is 10.1. The minimum atomic E-state index is -0.621. The van der Waals surface area contributed by atoms with Crippen molar-refractivity contribution in [2.45, 2.75) is 25.8 Å². The molecule has 0 heterocycles. The highest BCUT2D eigenvalue weighted by atomic mass is 16.5. The molecule has 90 valence electrons. The van der Waals surface area contributed by atoms with Crippen LogP contribution >= 0.6 is 0 Å². The van der Waals surface area contributed by atoms with E-state index in [0.717, 1.165) is 12.0 Å². The van der Waals surface area contributed by atoms with Crippen LogP contribution in [0.4, 0.5) is 0 Å². The molecular weight excluding hydrogens is 216 g/mol. The van der Waals surface area contributed by atoms with Gasteiger partial charge in [0.1, 0.15) is 11.8 Å². The van der Waals surface area contributed by atoms with Gasteiger partial charge in [-0.2, -0.15) is 5.26 Å². The number of nitrogens with one attached hydrogen (secondary N) is 1. The van der Waals surface area contributed by atoms with Crippen LogP contribution in [0.5, 0.6) is 5.75 Å². The Bertz CT molecular complexity index is 424. The molecule has 0 fully saturated rings. The average Bonchev–Trinajstić information content (AvgIpc) is 2.36. The van der Waals surface area contributed by atoms with Gasteiger partial charge in [0.15, 0.2) is 0 Å². The minimum absolute atomic E-state index is 0.109. The first-order chi connectivity index (χ1) is 8.21. The van der Waals surface area contributed by atoms with Crippen LogP contribution in [0.15, 0.2) is 24.3 Å². The topological polar surface area (TPSA) is 62.1 Å². The maximum absolute atomic E-state index is 11.4. The molecule has 1 N–H and O–H groups in total. The fraction of sp³-hybridized carbons (Fsp3) is 0.385. The Morgan fingerprint density at radius 3 is 2.94 bits per heavy atom. The molecule has 0 radical (unpaired) electrons. The van der Waals surface area contributed by atoms with E-state index >= 15 is 0 Å². The SMILES string of the molecule is CCCC(=O)NC(C#N)c1cccc(OC)c1. The van der Waals surface area contributed by atoms with Crippen molar-refractivity contribution >= 4 is 5.91 Å². The Morgan fingerprint density at radius 2 is 2.35 bits per heavy atom. The van der Waals surface area contributed by atoms with Crippen molar-refractivity contribution in [1.82, 2.24) is 5.32 Å². The van der Waals surface area contributed by atoms with Gasteiger partial charge in [0, 0.05) is 6.42 Å². The van der Waals surface area contributed by atoms with Gasteiger partial charge in [-0.3, -0.25) is 4.79 Å². The molecule has 0 aliphatic carbocycles. The van der Waals surface area contributed by atoms with Gasteiger partial charge in [0.05, 0.1) is 13.2 Å². The van der Waals surface area contributed by atoms with Crippen LogP contribution in [0, 0.1) is 11.3 Å². The zero-order chi connectivity index (χ0) is 12.7. The number of hydrogen-bond acceptors (Lipinski definition) is 3. The molecular formula is C13H16N2O2. The van der Waals surface area contributed by atoms with Gasteiger partial charge in [0.25, 0.3) is 0 Å². The molecule has 17 heavy (non-hydrogen) atoms. The van der Waals surface area contributed by atoms with Crippen LogP contribution in [-0.4, -0.2) is 13.0 Å². The first kappa shape index (κ1) is 13.0. The van der Waals surface area contributed by atoms with Gasteiger partial charge in [-0.15, -0.1) is 0 Å². The van der Waals surface area contributed by atoms with Crippen LogP contribution in [0.3, 0.4) is 0 Å². The van der Waals surface area contributed by atoms with Crippen LogP contribution in [0.25, 0.3) is 0 Å². The van der Waals surface area contributed by atoms with Crippen molar-refractivity contribution in [2.75, 3.05) is 7.11 Å². The number of carbonyl (C=O) groups is 1. The standard InChI is InChI=1S/C13H16N2O2/c1-3-5-13(16)15-12(9-14)10-6-4-7-11(8-10)17-2/h4,6-8,12H,3,5H2,1-2H3,(H,15,16). The third kappa shape index (κ3) is 3.80. The first-order valence-electron chi connectivity index (χ1n) is 5.54. The number of amides is 1. The maximum atomic E-state index is 11.4. The van der Waals surface area contributed by atoms with Crippen LogP contribution in [0.1, 0.15) is 31.4 Å². The number of rotatable bonds is 5. The molecule has 1 atom stereocenters.